The molecule has 0 saturated heterocycles. The van der Waals surface area contributed by atoms with E-state index in [4.69, 9.17) is 14.8 Å². The van der Waals surface area contributed by atoms with Crippen LogP contribution in [0, 0.1) is 0 Å². The third kappa shape index (κ3) is 5.69. The number of ether oxygens (including phenoxy) is 1. The van der Waals surface area contributed by atoms with Crippen LogP contribution in [0.1, 0.15) is 44.5 Å². The Morgan fingerprint density at radius 3 is 2.51 bits per heavy atom. The maximum atomic E-state index is 11.9. The first-order valence-electron chi connectivity index (χ1n) is 11.9. The molecule has 7 nitrogen and oxygen atoms in total. The zero-order valence-corrected chi connectivity index (χ0v) is 20.0. The SMILES string of the molecule is CCCCc1nc2ccc(NC(=O)CC)cc2n1Cc1ccc(-c2ccccc2OC(=O)O)cc1. The van der Waals surface area contributed by atoms with Crippen LogP contribution in [0.4, 0.5) is 10.5 Å². The molecule has 1 aromatic heterocycles. The van der Waals surface area contributed by atoms with E-state index in [9.17, 15) is 9.59 Å². The van der Waals surface area contributed by atoms with E-state index in [2.05, 4.69) is 16.8 Å². The van der Waals surface area contributed by atoms with Gasteiger partial charge in [0.25, 0.3) is 0 Å². The molecule has 1 heterocycles. The zero-order chi connectivity index (χ0) is 24.8. The number of hydrogen-bond acceptors (Lipinski definition) is 4. The Kier molecular flexibility index (Phi) is 7.45. The topological polar surface area (TPSA) is 93.5 Å². The van der Waals surface area contributed by atoms with Crippen LogP contribution in [-0.4, -0.2) is 26.7 Å². The molecule has 0 spiro atoms. The number of carbonyl (C=O) groups excluding carboxylic acids is 1. The van der Waals surface area contributed by atoms with Crippen LogP contribution in [-0.2, 0) is 17.8 Å². The average molecular weight is 472 g/mol. The molecule has 0 aliphatic heterocycles. The molecule has 0 bridgehead atoms. The third-order valence-electron chi connectivity index (χ3n) is 5.88. The van der Waals surface area contributed by atoms with Crippen LogP contribution >= 0.6 is 0 Å². The van der Waals surface area contributed by atoms with Crippen molar-refractivity contribution in [2.45, 2.75) is 46.1 Å². The fourth-order valence-corrected chi connectivity index (χ4v) is 4.06. The van der Waals surface area contributed by atoms with Gasteiger partial charge in [-0.2, -0.15) is 0 Å². The van der Waals surface area contributed by atoms with Crippen molar-refractivity contribution in [2.75, 3.05) is 5.32 Å². The first kappa shape index (κ1) is 24.0. The minimum Gasteiger partial charge on any atom is -0.449 e. The average Bonchev–Trinajstić information content (AvgIpc) is 3.19. The number of anilines is 1. The van der Waals surface area contributed by atoms with Crippen molar-refractivity contribution >= 4 is 28.8 Å². The van der Waals surface area contributed by atoms with Gasteiger partial charge in [-0.15, -0.1) is 0 Å². The van der Waals surface area contributed by atoms with E-state index in [1.54, 1.807) is 12.1 Å². The quantitative estimate of drug-likeness (QED) is 0.215. The van der Waals surface area contributed by atoms with Crippen LogP contribution < -0.4 is 10.1 Å². The van der Waals surface area contributed by atoms with Crippen molar-refractivity contribution in [1.29, 1.82) is 0 Å². The molecule has 0 atom stereocenters. The summed E-state index contributed by atoms with van der Waals surface area (Å²) >= 11 is 0. The van der Waals surface area contributed by atoms with E-state index in [1.165, 1.54) is 0 Å². The molecule has 180 valence electrons. The number of para-hydroxylation sites is 1. The van der Waals surface area contributed by atoms with Gasteiger partial charge >= 0.3 is 6.16 Å². The van der Waals surface area contributed by atoms with Crippen molar-refractivity contribution in [2.24, 2.45) is 0 Å². The van der Waals surface area contributed by atoms with Gasteiger partial charge in [0.1, 0.15) is 11.6 Å². The second-order valence-electron chi connectivity index (χ2n) is 8.38. The Balaban J connectivity index is 1.66. The number of aryl methyl sites for hydroxylation is 1. The van der Waals surface area contributed by atoms with Gasteiger partial charge in [-0.1, -0.05) is 62.7 Å². The first-order chi connectivity index (χ1) is 17.0. The largest absolute Gasteiger partial charge is 0.511 e. The molecular weight excluding hydrogens is 442 g/mol. The Bertz CT molecular complexity index is 1340. The van der Waals surface area contributed by atoms with Crippen LogP contribution in [0.3, 0.4) is 0 Å². The number of amides is 1. The molecule has 0 radical (unpaired) electrons. The van der Waals surface area contributed by atoms with Crippen LogP contribution in [0.15, 0.2) is 66.7 Å². The summed E-state index contributed by atoms with van der Waals surface area (Å²) in [6.45, 7) is 4.63. The molecule has 3 aromatic carbocycles. The monoisotopic (exact) mass is 471 g/mol. The number of fused-ring (bicyclic) bond motifs is 1. The maximum absolute atomic E-state index is 11.9. The summed E-state index contributed by atoms with van der Waals surface area (Å²) in [4.78, 5) is 27.8. The number of aromatic nitrogens is 2. The lowest BCUT2D eigenvalue weighted by Crippen LogP contribution is -2.09. The minimum absolute atomic E-state index is 0.0237. The maximum Gasteiger partial charge on any atom is 0.511 e. The Morgan fingerprint density at radius 2 is 1.80 bits per heavy atom. The summed E-state index contributed by atoms with van der Waals surface area (Å²) in [7, 11) is 0. The predicted octanol–water partition coefficient (Wildman–Crippen LogP) is 6.50. The number of unbranched alkanes of at least 4 members (excludes halogenated alkanes) is 1. The second-order valence-corrected chi connectivity index (χ2v) is 8.38. The van der Waals surface area contributed by atoms with E-state index in [-0.39, 0.29) is 5.91 Å². The van der Waals surface area contributed by atoms with Crippen LogP contribution in [0.2, 0.25) is 0 Å². The van der Waals surface area contributed by atoms with Gasteiger partial charge in [-0.05, 0) is 41.8 Å². The molecule has 0 saturated carbocycles. The molecule has 7 heteroatoms. The molecule has 4 aromatic rings. The number of carbonyl (C=O) groups is 2. The predicted molar refractivity (Wildman–Crippen MR) is 137 cm³/mol. The van der Waals surface area contributed by atoms with E-state index in [0.29, 0.717) is 18.7 Å². The number of hydrogen-bond donors (Lipinski definition) is 2. The van der Waals surface area contributed by atoms with E-state index in [1.807, 2.05) is 61.5 Å². The molecule has 0 unspecified atom stereocenters. The lowest BCUT2D eigenvalue weighted by atomic mass is 10.0. The highest BCUT2D eigenvalue weighted by Crippen LogP contribution is 2.30. The number of nitrogens with zero attached hydrogens (tertiary/aromatic N) is 2. The number of benzene rings is 3. The minimum atomic E-state index is -1.34. The molecule has 0 fully saturated rings. The number of rotatable bonds is 9. The third-order valence-corrected chi connectivity index (χ3v) is 5.88. The van der Waals surface area contributed by atoms with Gasteiger partial charge in [0.2, 0.25) is 5.91 Å². The summed E-state index contributed by atoms with van der Waals surface area (Å²) in [5, 5.41) is 12.0. The first-order valence-corrected chi connectivity index (χ1v) is 11.9. The number of carboxylic acid groups (broad SMARTS) is 1. The molecule has 4 rings (SSSR count). The summed E-state index contributed by atoms with van der Waals surface area (Å²) in [6.07, 6.45) is 2.08. The smallest absolute Gasteiger partial charge is 0.449 e. The van der Waals surface area contributed by atoms with Crippen molar-refractivity contribution in [3.8, 4) is 16.9 Å². The summed E-state index contributed by atoms with van der Waals surface area (Å²) in [5.41, 5.74) is 5.32. The van der Waals surface area contributed by atoms with E-state index in [0.717, 1.165) is 58.5 Å². The molecule has 0 aliphatic carbocycles. The number of imidazole rings is 1. The lowest BCUT2D eigenvalue weighted by Gasteiger charge is -2.12. The molecule has 35 heavy (non-hydrogen) atoms. The fraction of sp³-hybridized carbons (Fsp3) is 0.250. The summed E-state index contributed by atoms with van der Waals surface area (Å²) in [6, 6.07) is 20.9. The Labute approximate surface area is 204 Å². The molecule has 1 amide bonds. The molecular formula is C28H29N3O4. The molecule has 0 aliphatic rings. The van der Waals surface area contributed by atoms with E-state index >= 15 is 0 Å². The van der Waals surface area contributed by atoms with Crippen molar-refractivity contribution < 1.29 is 19.4 Å². The van der Waals surface area contributed by atoms with Crippen LogP contribution in [0.25, 0.3) is 22.2 Å². The van der Waals surface area contributed by atoms with Crippen molar-refractivity contribution in [1.82, 2.24) is 9.55 Å². The Hall–Kier alpha value is -4.13. The van der Waals surface area contributed by atoms with Gasteiger partial charge in [0.05, 0.1) is 11.0 Å². The highest BCUT2D eigenvalue weighted by atomic mass is 16.7. The summed E-state index contributed by atoms with van der Waals surface area (Å²) < 4.78 is 7.15. The zero-order valence-electron chi connectivity index (χ0n) is 20.0. The Morgan fingerprint density at radius 1 is 1.03 bits per heavy atom. The van der Waals surface area contributed by atoms with Crippen molar-refractivity contribution in [3.05, 3.63) is 78.1 Å². The lowest BCUT2D eigenvalue weighted by molar-refractivity contribution is -0.115. The highest BCUT2D eigenvalue weighted by Gasteiger charge is 2.14. The normalized spacial score (nSPS) is 10.9. The second kappa shape index (κ2) is 10.9. The fourth-order valence-electron chi connectivity index (χ4n) is 4.06. The number of nitrogens with one attached hydrogen (secondary N) is 1. The van der Waals surface area contributed by atoms with E-state index < -0.39 is 6.16 Å². The van der Waals surface area contributed by atoms with Gasteiger partial charge in [0, 0.05) is 30.6 Å². The van der Waals surface area contributed by atoms with Gasteiger partial charge in [0.15, 0.2) is 0 Å². The van der Waals surface area contributed by atoms with Gasteiger partial charge in [-0.25, -0.2) is 9.78 Å². The highest BCUT2D eigenvalue weighted by molar-refractivity contribution is 5.93. The van der Waals surface area contributed by atoms with Crippen LogP contribution in [0.5, 0.6) is 5.75 Å². The summed E-state index contributed by atoms with van der Waals surface area (Å²) in [5.74, 6) is 1.30. The van der Waals surface area contributed by atoms with Crippen molar-refractivity contribution in [3.63, 3.8) is 0 Å². The van der Waals surface area contributed by atoms with Gasteiger partial charge in [-0.3, -0.25) is 4.79 Å². The standard InChI is InChI=1S/C28H29N3O4/c1-3-5-10-26-30-23-16-15-21(29-27(32)4-2)17-24(23)31(26)18-19-11-13-20(14-12-19)22-8-6-7-9-25(22)35-28(33)34/h6-9,11-17H,3-5,10,18H2,1-2H3,(H,29,32)(H,33,34). The molecule has 2 N–H and O–H groups in total. The van der Waals surface area contributed by atoms with Gasteiger partial charge < -0.3 is 19.7 Å².